The van der Waals surface area contributed by atoms with Gasteiger partial charge in [0.15, 0.2) is 0 Å². The minimum atomic E-state index is -0.449. The van der Waals surface area contributed by atoms with E-state index in [2.05, 4.69) is 5.32 Å². The molecule has 2 atom stereocenters. The van der Waals surface area contributed by atoms with Gasteiger partial charge in [-0.2, -0.15) is 0 Å². The largest absolute Gasteiger partial charge is 0.373 e. The van der Waals surface area contributed by atoms with Gasteiger partial charge in [-0.25, -0.2) is 0 Å². The topological polar surface area (TPSA) is 64.4 Å². The van der Waals surface area contributed by atoms with Crippen LogP contribution in [0.15, 0.2) is 0 Å². The van der Waals surface area contributed by atoms with E-state index in [1.807, 2.05) is 20.8 Å². The van der Waals surface area contributed by atoms with Gasteiger partial charge in [0.1, 0.15) is 0 Å². The fourth-order valence-electron chi connectivity index (χ4n) is 1.85. The Balaban J connectivity index is 2.45. The standard InChI is InChI=1S/C12H24N2O2/c1-4-11(2,8-13)10(15)14-9-12(3)6-5-7-16-12/h4-9,13H2,1-3H3,(H,14,15). The molecule has 3 N–H and O–H groups in total. The molecule has 0 aromatic carbocycles. The van der Waals surface area contributed by atoms with Crippen LogP contribution in [0, 0.1) is 5.41 Å². The summed E-state index contributed by atoms with van der Waals surface area (Å²) in [5, 5.41) is 2.96. The van der Waals surface area contributed by atoms with Gasteiger partial charge < -0.3 is 15.8 Å². The molecule has 0 saturated carbocycles. The van der Waals surface area contributed by atoms with Crippen molar-refractivity contribution in [1.82, 2.24) is 5.32 Å². The van der Waals surface area contributed by atoms with Gasteiger partial charge in [-0.1, -0.05) is 6.92 Å². The number of hydrogen-bond donors (Lipinski definition) is 2. The van der Waals surface area contributed by atoms with Crippen LogP contribution < -0.4 is 11.1 Å². The molecule has 1 heterocycles. The van der Waals surface area contributed by atoms with E-state index in [-0.39, 0.29) is 11.5 Å². The van der Waals surface area contributed by atoms with Gasteiger partial charge >= 0.3 is 0 Å². The van der Waals surface area contributed by atoms with E-state index >= 15 is 0 Å². The quantitative estimate of drug-likeness (QED) is 0.739. The van der Waals surface area contributed by atoms with Crippen molar-refractivity contribution in [3.05, 3.63) is 0 Å². The first kappa shape index (κ1) is 13.5. The van der Waals surface area contributed by atoms with Crippen molar-refractivity contribution in [2.45, 2.75) is 45.6 Å². The minimum absolute atomic E-state index is 0.0363. The molecule has 1 rings (SSSR count). The number of rotatable bonds is 5. The summed E-state index contributed by atoms with van der Waals surface area (Å²) in [6.07, 6.45) is 2.85. The van der Waals surface area contributed by atoms with E-state index in [9.17, 15) is 4.79 Å². The smallest absolute Gasteiger partial charge is 0.227 e. The summed E-state index contributed by atoms with van der Waals surface area (Å²) >= 11 is 0. The fourth-order valence-corrected chi connectivity index (χ4v) is 1.85. The van der Waals surface area contributed by atoms with E-state index in [0.717, 1.165) is 25.9 Å². The molecule has 2 unspecified atom stereocenters. The van der Waals surface area contributed by atoms with Gasteiger partial charge in [-0.05, 0) is 33.1 Å². The van der Waals surface area contributed by atoms with Crippen LogP contribution in [0.5, 0.6) is 0 Å². The first-order valence-electron chi connectivity index (χ1n) is 6.08. The zero-order valence-electron chi connectivity index (χ0n) is 10.6. The summed E-state index contributed by atoms with van der Waals surface area (Å²) in [5.74, 6) is 0.0363. The lowest BCUT2D eigenvalue weighted by molar-refractivity contribution is -0.131. The summed E-state index contributed by atoms with van der Waals surface area (Å²) in [4.78, 5) is 12.0. The summed E-state index contributed by atoms with van der Waals surface area (Å²) < 4.78 is 5.62. The molecule has 0 aromatic heterocycles. The van der Waals surface area contributed by atoms with Crippen molar-refractivity contribution in [1.29, 1.82) is 0 Å². The number of hydrogen-bond acceptors (Lipinski definition) is 3. The highest BCUT2D eigenvalue weighted by atomic mass is 16.5. The molecule has 0 aromatic rings. The van der Waals surface area contributed by atoms with Gasteiger partial charge in [-0.3, -0.25) is 4.79 Å². The predicted octanol–water partition coefficient (Wildman–Crippen LogP) is 1.05. The number of amides is 1. The van der Waals surface area contributed by atoms with Crippen LogP contribution in [0.3, 0.4) is 0 Å². The molecule has 4 nitrogen and oxygen atoms in total. The van der Waals surface area contributed by atoms with Crippen molar-refractivity contribution >= 4 is 5.91 Å². The Hall–Kier alpha value is -0.610. The molecule has 16 heavy (non-hydrogen) atoms. The molecule has 0 radical (unpaired) electrons. The van der Waals surface area contributed by atoms with E-state index in [1.165, 1.54) is 0 Å². The lowest BCUT2D eigenvalue weighted by atomic mass is 9.86. The monoisotopic (exact) mass is 228 g/mol. The summed E-state index contributed by atoms with van der Waals surface area (Å²) in [6, 6.07) is 0. The third-order valence-corrected chi connectivity index (χ3v) is 3.70. The number of nitrogens with one attached hydrogen (secondary N) is 1. The zero-order chi connectivity index (χ0) is 12.2. The Morgan fingerprint density at radius 3 is 2.75 bits per heavy atom. The van der Waals surface area contributed by atoms with Crippen molar-refractivity contribution < 1.29 is 9.53 Å². The molecular weight excluding hydrogens is 204 g/mol. The molecular formula is C12H24N2O2. The maximum absolute atomic E-state index is 12.0. The average molecular weight is 228 g/mol. The van der Waals surface area contributed by atoms with Crippen LogP contribution in [0.25, 0.3) is 0 Å². The molecule has 1 aliphatic rings. The summed E-state index contributed by atoms with van der Waals surface area (Å²) in [7, 11) is 0. The van der Waals surface area contributed by atoms with Crippen LogP contribution in [-0.4, -0.2) is 31.2 Å². The van der Waals surface area contributed by atoms with Crippen LogP contribution in [-0.2, 0) is 9.53 Å². The maximum atomic E-state index is 12.0. The molecule has 0 aliphatic carbocycles. The lowest BCUT2D eigenvalue weighted by Gasteiger charge is -2.29. The third kappa shape index (κ3) is 2.95. The number of ether oxygens (including phenoxy) is 1. The van der Waals surface area contributed by atoms with Crippen LogP contribution in [0.4, 0.5) is 0 Å². The van der Waals surface area contributed by atoms with Gasteiger partial charge in [0.2, 0.25) is 5.91 Å². The molecule has 4 heteroatoms. The second-order valence-electron chi connectivity index (χ2n) is 5.20. The van der Waals surface area contributed by atoms with Gasteiger partial charge in [-0.15, -0.1) is 0 Å². The van der Waals surface area contributed by atoms with Crippen LogP contribution in [0.2, 0.25) is 0 Å². The summed E-state index contributed by atoms with van der Waals surface area (Å²) in [6.45, 7) is 7.70. The van der Waals surface area contributed by atoms with Gasteiger partial charge in [0.25, 0.3) is 0 Å². The van der Waals surface area contributed by atoms with E-state index in [4.69, 9.17) is 10.5 Å². The highest BCUT2D eigenvalue weighted by molar-refractivity contribution is 5.82. The molecule has 0 spiro atoms. The lowest BCUT2D eigenvalue weighted by Crippen LogP contribution is -2.48. The molecule has 1 fully saturated rings. The minimum Gasteiger partial charge on any atom is -0.373 e. The van der Waals surface area contributed by atoms with Crippen LogP contribution >= 0.6 is 0 Å². The van der Waals surface area contributed by atoms with E-state index in [0.29, 0.717) is 13.1 Å². The molecule has 1 aliphatic heterocycles. The highest BCUT2D eigenvalue weighted by Crippen LogP contribution is 2.25. The summed E-state index contributed by atoms with van der Waals surface area (Å²) in [5.41, 5.74) is 5.01. The first-order valence-corrected chi connectivity index (χ1v) is 6.08. The SMILES string of the molecule is CCC(C)(CN)C(=O)NCC1(C)CCCO1. The van der Waals surface area contributed by atoms with Crippen molar-refractivity contribution in [3.8, 4) is 0 Å². The number of nitrogens with two attached hydrogens (primary N) is 1. The number of carbonyl (C=O) groups excluding carboxylic acids is 1. The van der Waals surface area contributed by atoms with Crippen molar-refractivity contribution in [2.75, 3.05) is 19.7 Å². The molecule has 94 valence electrons. The van der Waals surface area contributed by atoms with Gasteiger partial charge in [0.05, 0.1) is 11.0 Å². The predicted molar refractivity (Wildman–Crippen MR) is 64.1 cm³/mol. The highest BCUT2D eigenvalue weighted by Gasteiger charge is 2.34. The maximum Gasteiger partial charge on any atom is 0.227 e. The van der Waals surface area contributed by atoms with Crippen molar-refractivity contribution in [2.24, 2.45) is 11.1 Å². The normalized spacial score (nSPS) is 28.8. The Morgan fingerprint density at radius 2 is 2.31 bits per heavy atom. The number of carbonyl (C=O) groups is 1. The molecule has 0 bridgehead atoms. The van der Waals surface area contributed by atoms with Gasteiger partial charge in [0, 0.05) is 19.7 Å². The fraction of sp³-hybridized carbons (Fsp3) is 0.917. The Morgan fingerprint density at radius 1 is 1.62 bits per heavy atom. The van der Waals surface area contributed by atoms with E-state index in [1.54, 1.807) is 0 Å². The molecule has 1 amide bonds. The van der Waals surface area contributed by atoms with Crippen molar-refractivity contribution in [3.63, 3.8) is 0 Å². The zero-order valence-corrected chi connectivity index (χ0v) is 10.6. The second-order valence-corrected chi connectivity index (χ2v) is 5.20. The van der Waals surface area contributed by atoms with E-state index < -0.39 is 5.41 Å². The Bertz CT molecular complexity index is 243. The third-order valence-electron chi connectivity index (χ3n) is 3.70. The average Bonchev–Trinajstić information content (AvgIpc) is 2.72. The molecule has 1 saturated heterocycles. The second kappa shape index (κ2) is 5.15. The Kier molecular flexibility index (Phi) is 4.33. The Labute approximate surface area is 97.9 Å². The van der Waals surface area contributed by atoms with Crippen LogP contribution in [0.1, 0.15) is 40.0 Å². The first-order chi connectivity index (χ1) is 7.46.